The number of guanidine groups is 1. The van der Waals surface area contributed by atoms with Crippen LogP contribution in [0.5, 0.6) is 0 Å². The summed E-state index contributed by atoms with van der Waals surface area (Å²) < 4.78 is 47.4. The van der Waals surface area contributed by atoms with Crippen LogP contribution in [0.1, 0.15) is 33.7 Å². The van der Waals surface area contributed by atoms with Crippen LogP contribution in [0, 0.1) is 12.7 Å². The number of carbonyl (C=O) groups excluding carboxylic acids is 1. The summed E-state index contributed by atoms with van der Waals surface area (Å²) in [4.78, 5) is 25.2. The summed E-state index contributed by atoms with van der Waals surface area (Å²) in [5, 5.41) is -1.13. The quantitative estimate of drug-likeness (QED) is 0.691. The van der Waals surface area contributed by atoms with Crippen LogP contribution in [0.4, 0.5) is 4.39 Å². The molecule has 2 atom stereocenters. The van der Waals surface area contributed by atoms with Gasteiger partial charge >= 0.3 is 0 Å². The number of rotatable bonds is 4. The fourth-order valence-corrected chi connectivity index (χ4v) is 5.71. The van der Waals surface area contributed by atoms with Gasteiger partial charge in [-0.3, -0.25) is 9.78 Å². The Labute approximate surface area is 179 Å². The molecule has 2 aromatic rings. The van der Waals surface area contributed by atoms with Crippen molar-refractivity contribution in [2.45, 2.75) is 30.6 Å². The van der Waals surface area contributed by atoms with Crippen LogP contribution in [0.3, 0.4) is 0 Å². The Kier molecular flexibility index (Phi) is 5.26. The van der Waals surface area contributed by atoms with Crippen LogP contribution in [0.15, 0.2) is 35.6 Å². The maximum Gasteiger partial charge on any atom is 0.245 e. The topological polar surface area (TPSA) is 128 Å². The lowest BCUT2D eigenvalue weighted by atomic mass is 9.81. The van der Waals surface area contributed by atoms with E-state index >= 15 is 4.39 Å². The number of aryl methyl sites for hydroxylation is 1. The number of hydrogen-bond acceptors (Lipinski definition) is 8. The molecule has 164 valence electrons. The number of aliphatic imine (C=N–C) groups is 1. The van der Waals surface area contributed by atoms with Gasteiger partial charge in [-0.1, -0.05) is 6.07 Å². The molecular formula is C20H22FN5O4S. The molecule has 11 heteroatoms. The lowest BCUT2D eigenvalue weighted by molar-refractivity contribution is 0.0521. The minimum atomic E-state index is -3.92. The Bertz CT molecular complexity index is 1170. The van der Waals surface area contributed by atoms with Crippen LogP contribution in [-0.2, 0) is 26.7 Å². The van der Waals surface area contributed by atoms with E-state index in [2.05, 4.69) is 15.0 Å². The Morgan fingerprint density at radius 1 is 1.35 bits per heavy atom. The van der Waals surface area contributed by atoms with E-state index in [0.29, 0.717) is 11.3 Å². The van der Waals surface area contributed by atoms with Crippen molar-refractivity contribution in [2.24, 2.45) is 10.7 Å². The molecule has 31 heavy (non-hydrogen) atoms. The van der Waals surface area contributed by atoms with Crippen molar-refractivity contribution in [1.29, 1.82) is 0 Å². The Morgan fingerprint density at radius 3 is 2.84 bits per heavy atom. The summed E-state index contributed by atoms with van der Waals surface area (Å²) in [6.07, 6.45) is 2.98. The molecule has 0 radical (unpaired) electrons. The van der Waals surface area contributed by atoms with Crippen molar-refractivity contribution >= 4 is 21.8 Å². The number of benzene rings is 1. The SMILES string of the molecule is Cc1cnc(C(=O)Cc2ccc(F)c([C@]34CCOCC3S(=O)(=O)N(C)C(N)=N4)c2)cn1. The van der Waals surface area contributed by atoms with Crippen LogP contribution < -0.4 is 5.73 Å². The fourth-order valence-electron chi connectivity index (χ4n) is 3.97. The van der Waals surface area contributed by atoms with E-state index in [1.807, 2.05) is 0 Å². The van der Waals surface area contributed by atoms with E-state index in [1.165, 1.54) is 37.6 Å². The zero-order chi connectivity index (χ0) is 22.4. The van der Waals surface area contributed by atoms with Crippen LogP contribution in [0.25, 0.3) is 0 Å². The molecule has 1 aromatic carbocycles. The second kappa shape index (κ2) is 7.65. The van der Waals surface area contributed by atoms with Crippen molar-refractivity contribution < 1.29 is 22.3 Å². The molecular weight excluding hydrogens is 425 g/mol. The van der Waals surface area contributed by atoms with Gasteiger partial charge < -0.3 is 10.5 Å². The smallest absolute Gasteiger partial charge is 0.245 e. The van der Waals surface area contributed by atoms with Gasteiger partial charge in [-0.25, -0.2) is 27.1 Å². The minimum absolute atomic E-state index is 0.0475. The first kappa shape index (κ1) is 21.3. The standard InChI is InChI=1S/C20H22FN5O4S/c1-12-9-24-16(10-23-12)17(27)8-13-3-4-15(21)14(7-13)20-5-6-30-11-18(20)31(28,29)26(2)19(22)25-20/h3-4,7,9-10,18H,5-6,8,11H2,1-2H3,(H2,22,25)/t18?,20-/m1/s1. The number of ether oxygens (including phenoxy) is 1. The number of carbonyl (C=O) groups is 1. The number of sulfonamides is 1. The van der Waals surface area contributed by atoms with Gasteiger partial charge in [0.15, 0.2) is 5.78 Å². The van der Waals surface area contributed by atoms with Crippen molar-refractivity contribution in [3.05, 3.63) is 58.9 Å². The largest absolute Gasteiger partial charge is 0.380 e. The first-order valence-electron chi connectivity index (χ1n) is 9.67. The number of nitrogens with two attached hydrogens (primary N) is 1. The van der Waals surface area contributed by atoms with Crippen molar-refractivity contribution in [1.82, 2.24) is 14.3 Å². The Morgan fingerprint density at radius 2 is 2.13 bits per heavy atom. The zero-order valence-corrected chi connectivity index (χ0v) is 17.9. The molecule has 0 aliphatic carbocycles. The molecule has 0 saturated carbocycles. The van der Waals surface area contributed by atoms with E-state index in [1.54, 1.807) is 6.92 Å². The third-order valence-corrected chi connectivity index (χ3v) is 7.93. The van der Waals surface area contributed by atoms with Gasteiger partial charge in [0.2, 0.25) is 16.0 Å². The van der Waals surface area contributed by atoms with Gasteiger partial charge in [0.25, 0.3) is 0 Å². The van der Waals surface area contributed by atoms with Gasteiger partial charge in [0.05, 0.1) is 18.5 Å². The van der Waals surface area contributed by atoms with Crippen LogP contribution >= 0.6 is 0 Å². The molecule has 1 unspecified atom stereocenters. The third kappa shape index (κ3) is 3.57. The van der Waals surface area contributed by atoms with Crippen LogP contribution in [-0.4, -0.2) is 59.9 Å². The van der Waals surface area contributed by atoms with Gasteiger partial charge in [-0.05, 0) is 24.6 Å². The second-order valence-corrected chi connectivity index (χ2v) is 9.82. The highest BCUT2D eigenvalue weighted by Crippen LogP contribution is 2.44. The molecule has 4 rings (SSSR count). The van der Waals surface area contributed by atoms with Crippen LogP contribution in [0.2, 0.25) is 0 Å². The average molecular weight is 447 g/mol. The summed E-state index contributed by atoms with van der Waals surface area (Å²) in [5.41, 5.74) is 5.95. The minimum Gasteiger partial charge on any atom is -0.380 e. The average Bonchev–Trinajstić information content (AvgIpc) is 2.74. The molecule has 0 spiro atoms. The summed E-state index contributed by atoms with van der Waals surface area (Å²) in [6, 6.07) is 4.20. The number of hydrogen-bond donors (Lipinski definition) is 1. The molecule has 2 aliphatic heterocycles. The van der Waals surface area contributed by atoms with Gasteiger partial charge in [0, 0.05) is 38.3 Å². The van der Waals surface area contributed by atoms with Gasteiger partial charge in [0.1, 0.15) is 22.3 Å². The summed E-state index contributed by atoms with van der Waals surface area (Å²) in [6.45, 7) is 1.83. The van der Waals surface area contributed by atoms with Crippen molar-refractivity contribution in [2.75, 3.05) is 20.3 Å². The number of fused-ring (bicyclic) bond motifs is 1. The zero-order valence-electron chi connectivity index (χ0n) is 17.1. The number of Topliss-reactive ketones (excluding diaryl/α,β-unsaturated/α-hetero) is 1. The molecule has 9 nitrogen and oxygen atoms in total. The molecule has 1 fully saturated rings. The van der Waals surface area contributed by atoms with Crippen molar-refractivity contribution in [3.63, 3.8) is 0 Å². The number of aromatic nitrogens is 2. The van der Waals surface area contributed by atoms with E-state index in [4.69, 9.17) is 10.5 Å². The third-order valence-electron chi connectivity index (χ3n) is 5.74. The summed E-state index contributed by atoms with van der Waals surface area (Å²) >= 11 is 0. The molecule has 1 saturated heterocycles. The lowest BCUT2D eigenvalue weighted by Gasteiger charge is -2.45. The monoisotopic (exact) mass is 447 g/mol. The van der Waals surface area contributed by atoms with E-state index in [9.17, 15) is 13.2 Å². The van der Waals surface area contributed by atoms with E-state index in [0.717, 1.165) is 4.31 Å². The molecule has 0 bridgehead atoms. The van der Waals surface area contributed by atoms with E-state index < -0.39 is 26.6 Å². The molecule has 2 aliphatic rings. The normalized spacial score (nSPS) is 24.9. The first-order valence-corrected chi connectivity index (χ1v) is 11.2. The summed E-state index contributed by atoms with van der Waals surface area (Å²) in [5.74, 6) is -1.12. The predicted octanol–water partition coefficient (Wildman–Crippen LogP) is 0.924. The highest BCUT2D eigenvalue weighted by Gasteiger charge is 2.55. The maximum atomic E-state index is 15.0. The highest BCUT2D eigenvalue weighted by atomic mass is 32.2. The predicted molar refractivity (Wildman–Crippen MR) is 110 cm³/mol. The molecule has 0 amide bonds. The van der Waals surface area contributed by atoms with Gasteiger partial charge in [-0.15, -0.1) is 0 Å². The molecule has 3 heterocycles. The first-order chi connectivity index (χ1) is 14.6. The summed E-state index contributed by atoms with van der Waals surface area (Å²) in [7, 11) is -2.61. The number of ketones is 1. The Balaban J connectivity index is 1.77. The van der Waals surface area contributed by atoms with E-state index in [-0.39, 0.29) is 49.1 Å². The molecule has 1 aromatic heterocycles. The highest BCUT2D eigenvalue weighted by molar-refractivity contribution is 7.90. The molecule has 2 N–H and O–H groups in total. The number of halogens is 1. The fraction of sp³-hybridized carbons (Fsp3) is 0.400. The second-order valence-electron chi connectivity index (χ2n) is 7.68. The van der Waals surface area contributed by atoms with Crippen molar-refractivity contribution in [3.8, 4) is 0 Å². The Hall–Kier alpha value is -2.92. The maximum absolute atomic E-state index is 15.0. The van der Waals surface area contributed by atoms with Gasteiger partial charge in [-0.2, -0.15) is 0 Å². The number of nitrogens with zero attached hydrogens (tertiary/aromatic N) is 4. The lowest BCUT2D eigenvalue weighted by Crippen LogP contribution is -2.61.